The van der Waals surface area contributed by atoms with Gasteiger partial charge in [0, 0.05) is 13.1 Å². The topological polar surface area (TPSA) is 97.5 Å². The van der Waals surface area contributed by atoms with Crippen molar-refractivity contribution < 1.29 is 16.8 Å². The molecule has 0 amide bonds. The molecule has 1 aromatic rings. The van der Waals surface area contributed by atoms with Crippen LogP contribution >= 0.6 is 0 Å². The van der Waals surface area contributed by atoms with E-state index in [1.54, 1.807) is 6.92 Å². The Labute approximate surface area is 119 Å². The first-order chi connectivity index (χ1) is 9.23. The molecule has 1 aliphatic rings. The molecule has 0 unspecified atom stereocenters. The first kappa shape index (κ1) is 15.4. The third-order valence-corrected chi connectivity index (χ3v) is 6.37. The number of aryl methyl sites for hydroxylation is 1. The Morgan fingerprint density at radius 1 is 1.05 bits per heavy atom. The van der Waals surface area contributed by atoms with E-state index in [9.17, 15) is 16.8 Å². The molecular weight excluding hydrogens is 300 g/mol. The van der Waals surface area contributed by atoms with Crippen molar-refractivity contribution in [3.63, 3.8) is 0 Å². The molecule has 0 radical (unpaired) electrons. The summed E-state index contributed by atoms with van der Waals surface area (Å²) in [6.07, 6.45) is 2.67. The van der Waals surface area contributed by atoms with E-state index in [0.29, 0.717) is 18.7 Å². The third-order valence-electron chi connectivity index (χ3n) is 3.42. The molecule has 1 fully saturated rings. The van der Waals surface area contributed by atoms with Gasteiger partial charge in [0.2, 0.25) is 20.0 Å². The minimum atomic E-state index is -3.92. The van der Waals surface area contributed by atoms with Crippen LogP contribution in [0.3, 0.4) is 0 Å². The van der Waals surface area contributed by atoms with Gasteiger partial charge in [0.1, 0.15) is 0 Å². The first-order valence-electron chi connectivity index (χ1n) is 6.36. The second kappa shape index (κ2) is 5.44. The molecule has 8 heteroatoms. The van der Waals surface area contributed by atoms with Gasteiger partial charge in [-0.25, -0.2) is 22.0 Å². The lowest BCUT2D eigenvalue weighted by Gasteiger charge is -2.26. The van der Waals surface area contributed by atoms with Crippen LogP contribution in [-0.2, 0) is 20.0 Å². The molecule has 0 saturated carbocycles. The highest BCUT2D eigenvalue weighted by Gasteiger charge is 2.28. The quantitative estimate of drug-likeness (QED) is 0.892. The monoisotopic (exact) mass is 318 g/mol. The summed E-state index contributed by atoms with van der Waals surface area (Å²) in [6, 6.07) is 3.94. The van der Waals surface area contributed by atoms with Crippen LogP contribution in [0.25, 0.3) is 0 Å². The molecule has 1 heterocycles. The predicted molar refractivity (Wildman–Crippen MR) is 75.2 cm³/mol. The maximum atomic E-state index is 12.6. The van der Waals surface area contributed by atoms with Gasteiger partial charge in [-0.05, 0) is 37.5 Å². The molecule has 20 heavy (non-hydrogen) atoms. The number of hydrogen-bond donors (Lipinski definition) is 1. The number of hydrogen-bond acceptors (Lipinski definition) is 4. The molecule has 112 valence electrons. The lowest BCUT2D eigenvalue weighted by Crippen LogP contribution is -2.36. The van der Waals surface area contributed by atoms with Crippen molar-refractivity contribution in [1.29, 1.82) is 0 Å². The molecule has 2 rings (SSSR count). The Hall–Kier alpha value is -0.960. The zero-order valence-corrected chi connectivity index (χ0v) is 12.9. The molecule has 1 saturated heterocycles. The van der Waals surface area contributed by atoms with Gasteiger partial charge in [-0.15, -0.1) is 0 Å². The van der Waals surface area contributed by atoms with Gasteiger partial charge in [0.25, 0.3) is 0 Å². The summed E-state index contributed by atoms with van der Waals surface area (Å²) in [5.74, 6) is 0. The number of sulfonamides is 2. The second-order valence-electron chi connectivity index (χ2n) is 4.94. The SMILES string of the molecule is Cc1ccc(S(N)(=O)=O)cc1S(=O)(=O)N1CCCCC1. The fourth-order valence-corrected chi connectivity index (χ4v) is 4.66. The van der Waals surface area contributed by atoms with Crippen LogP contribution in [0.4, 0.5) is 0 Å². The normalized spacial score (nSPS) is 18.1. The van der Waals surface area contributed by atoms with Gasteiger partial charge in [-0.3, -0.25) is 0 Å². The van der Waals surface area contributed by atoms with Crippen LogP contribution in [0.1, 0.15) is 24.8 Å². The van der Waals surface area contributed by atoms with Crippen molar-refractivity contribution in [3.05, 3.63) is 23.8 Å². The van der Waals surface area contributed by atoms with Gasteiger partial charge in [0.05, 0.1) is 9.79 Å². The van der Waals surface area contributed by atoms with Crippen molar-refractivity contribution in [2.24, 2.45) is 5.14 Å². The van der Waals surface area contributed by atoms with Gasteiger partial charge < -0.3 is 0 Å². The Morgan fingerprint density at radius 3 is 2.20 bits per heavy atom. The predicted octanol–water partition coefficient (Wildman–Crippen LogP) is 0.817. The zero-order chi connectivity index (χ0) is 15.0. The maximum absolute atomic E-state index is 12.6. The van der Waals surface area contributed by atoms with Crippen molar-refractivity contribution in [2.45, 2.75) is 36.0 Å². The van der Waals surface area contributed by atoms with Crippen LogP contribution < -0.4 is 5.14 Å². The van der Waals surface area contributed by atoms with E-state index in [1.807, 2.05) is 0 Å². The van der Waals surface area contributed by atoms with Crippen LogP contribution in [0.15, 0.2) is 28.0 Å². The molecule has 1 aromatic carbocycles. The molecule has 0 bridgehead atoms. The Morgan fingerprint density at radius 2 is 1.65 bits per heavy atom. The number of nitrogens with two attached hydrogens (primary N) is 1. The number of benzene rings is 1. The third kappa shape index (κ3) is 3.03. The maximum Gasteiger partial charge on any atom is 0.243 e. The minimum Gasteiger partial charge on any atom is -0.225 e. The van der Waals surface area contributed by atoms with Gasteiger partial charge in [-0.1, -0.05) is 12.5 Å². The summed E-state index contributed by atoms with van der Waals surface area (Å²) >= 11 is 0. The Bertz CT molecular complexity index is 705. The molecule has 0 spiro atoms. The highest BCUT2D eigenvalue weighted by Crippen LogP contribution is 2.25. The van der Waals surface area contributed by atoms with E-state index in [2.05, 4.69) is 0 Å². The van der Waals surface area contributed by atoms with E-state index >= 15 is 0 Å². The van der Waals surface area contributed by atoms with E-state index < -0.39 is 20.0 Å². The number of piperidine rings is 1. The Kier molecular flexibility index (Phi) is 4.19. The number of nitrogens with zero attached hydrogens (tertiary/aromatic N) is 1. The number of rotatable bonds is 3. The molecule has 1 aliphatic heterocycles. The highest BCUT2D eigenvalue weighted by atomic mass is 32.2. The molecule has 0 aliphatic carbocycles. The molecule has 2 N–H and O–H groups in total. The number of primary sulfonamides is 1. The average molecular weight is 318 g/mol. The molecule has 6 nitrogen and oxygen atoms in total. The summed E-state index contributed by atoms with van der Waals surface area (Å²) in [7, 11) is -7.58. The van der Waals surface area contributed by atoms with Crippen molar-refractivity contribution in [2.75, 3.05) is 13.1 Å². The van der Waals surface area contributed by atoms with E-state index in [1.165, 1.54) is 16.4 Å². The molecule has 0 aromatic heterocycles. The fraction of sp³-hybridized carbons (Fsp3) is 0.500. The zero-order valence-electron chi connectivity index (χ0n) is 11.2. The lowest BCUT2D eigenvalue weighted by atomic mass is 10.2. The van der Waals surface area contributed by atoms with Crippen LogP contribution in [0, 0.1) is 6.92 Å². The van der Waals surface area contributed by atoms with E-state index in [0.717, 1.165) is 25.3 Å². The summed E-state index contributed by atoms with van der Waals surface area (Å²) in [6.45, 7) is 2.59. The van der Waals surface area contributed by atoms with Gasteiger partial charge in [0.15, 0.2) is 0 Å². The standard InChI is InChI=1S/C12H18N2O4S2/c1-10-5-6-11(19(13,15)16)9-12(10)20(17,18)14-7-3-2-4-8-14/h5-6,9H,2-4,7-8H2,1H3,(H2,13,15,16). The molecular formula is C12H18N2O4S2. The summed E-state index contributed by atoms with van der Waals surface area (Å²) in [4.78, 5) is -0.162. The van der Waals surface area contributed by atoms with Crippen molar-refractivity contribution in [1.82, 2.24) is 4.31 Å². The van der Waals surface area contributed by atoms with E-state index in [4.69, 9.17) is 5.14 Å². The van der Waals surface area contributed by atoms with Gasteiger partial charge in [-0.2, -0.15) is 4.31 Å². The summed E-state index contributed by atoms with van der Waals surface area (Å²) in [5.41, 5.74) is 0.517. The first-order valence-corrected chi connectivity index (χ1v) is 9.35. The van der Waals surface area contributed by atoms with Crippen LogP contribution in [-0.4, -0.2) is 34.2 Å². The fourth-order valence-electron chi connectivity index (χ4n) is 2.28. The summed E-state index contributed by atoms with van der Waals surface area (Å²) in [5, 5.41) is 5.06. The van der Waals surface area contributed by atoms with Crippen LogP contribution in [0.2, 0.25) is 0 Å². The largest absolute Gasteiger partial charge is 0.243 e. The average Bonchev–Trinajstić information content (AvgIpc) is 2.38. The second-order valence-corrected chi connectivity index (χ2v) is 8.40. The smallest absolute Gasteiger partial charge is 0.225 e. The van der Waals surface area contributed by atoms with Crippen molar-refractivity contribution in [3.8, 4) is 0 Å². The minimum absolute atomic E-state index is 0.0194. The highest BCUT2D eigenvalue weighted by molar-refractivity contribution is 7.90. The summed E-state index contributed by atoms with van der Waals surface area (Å²) < 4.78 is 49.3. The van der Waals surface area contributed by atoms with Crippen LogP contribution in [0.5, 0.6) is 0 Å². The van der Waals surface area contributed by atoms with Gasteiger partial charge >= 0.3 is 0 Å². The molecule has 0 atom stereocenters. The van der Waals surface area contributed by atoms with Crippen molar-refractivity contribution >= 4 is 20.0 Å². The Balaban J connectivity index is 2.50. The lowest BCUT2D eigenvalue weighted by molar-refractivity contribution is 0.346. The van der Waals surface area contributed by atoms with E-state index in [-0.39, 0.29) is 9.79 Å².